The number of carbonyl (C=O) groups excluding carboxylic acids is 6. The zero-order valence-corrected chi connectivity index (χ0v) is 32.0. The van der Waals surface area contributed by atoms with Crippen molar-refractivity contribution in [3.8, 4) is 0 Å². The molecule has 0 unspecified atom stereocenters. The summed E-state index contributed by atoms with van der Waals surface area (Å²) in [5.41, 5.74) is 7.65. The van der Waals surface area contributed by atoms with E-state index < -0.39 is 77.6 Å². The van der Waals surface area contributed by atoms with Crippen LogP contribution in [0.5, 0.6) is 0 Å². The van der Waals surface area contributed by atoms with Gasteiger partial charge in [-0.05, 0) is 34.8 Å². The monoisotopic (exact) mass is 721 g/mol. The Hall–Kier alpha value is -4.78. The molecule has 0 saturated carbocycles. The van der Waals surface area contributed by atoms with E-state index >= 15 is 0 Å². The van der Waals surface area contributed by atoms with Gasteiger partial charge < -0.3 is 37.6 Å². The third-order valence-corrected chi connectivity index (χ3v) is 8.84. The first kappa shape index (κ1) is 43.4. The van der Waals surface area contributed by atoms with Gasteiger partial charge in [0.05, 0.1) is 6.04 Å². The standard InChI is InChI=1S/C39H59N7O6/c1-22(2)30(40)36(49)42-28(20-26-16-12-10-13-17-26)34(47)45-33(25(7)8)39(52)46-32(24(5)6)38(51)43-29(21-27-18-14-11-15-19-27)35(48)44-31(23(3)4)37(50)41-9/h10-19,22-25,28-33H,20-21,40H2,1-9H3,(H,41,50)(H,42,49)(H,43,51)(H,44,48)(H,45,47)(H,46,52)/t28-,29-,30-,31-,32-,33-/m0/s1. The molecule has 13 nitrogen and oxygen atoms in total. The van der Waals surface area contributed by atoms with E-state index in [0.717, 1.165) is 11.1 Å². The molecule has 0 aliphatic carbocycles. The number of likely N-dealkylation sites (N-methyl/N-ethyl adjacent to an activating group) is 1. The fourth-order valence-corrected chi connectivity index (χ4v) is 5.46. The highest BCUT2D eigenvalue weighted by molar-refractivity contribution is 5.97. The fourth-order valence-electron chi connectivity index (χ4n) is 5.46. The van der Waals surface area contributed by atoms with E-state index in [2.05, 4.69) is 31.9 Å². The van der Waals surface area contributed by atoms with E-state index in [9.17, 15) is 28.8 Å². The molecule has 0 spiro atoms. The zero-order valence-electron chi connectivity index (χ0n) is 32.0. The van der Waals surface area contributed by atoms with Crippen LogP contribution in [0.4, 0.5) is 0 Å². The summed E-state index contributed by atoms with van der Waals surface area (Å²) in [5.74, 6) is -4.41. The first-order chi connectivity index (χ1) is 24.5. The van der Waals surface area contributed by atoms with Crippen molar-refractivity contribution in [3.05, 3.63) is 71.8 Å². The van der Waals surface area contributed by atoms with Gasteiger partial charge in [-0.1, -0.05) is 116 Å². The van der Waals surface area contributed by atoms with Gasteiger partial charge in [0.15, 0.2) is 0 Å². The molecule has 0 aliphatic rings. The molecule has 6 atom stereocenters. The lowest BCUT2D eigenvalue weighted by Crippen LogP contribution is -2.62. The van der Waals surface area contributed by atoms with Crippen LogP contribution in [0.15, 0.2) is 60.7 Å². The van der Waals surface area contributed by atoms with Gasteiger partial charge in [-0.3, -0.25) is 28.8 Å². The maximum Gasteiger partial charge on any atom is 0.243 e. The Balaban J connectivity index is 2.31. The number of amides is 6. The minimum Gasteiger partial charge on any atom is -0.357 e. The number of hydrogen-bond donors (Lipinski definition) is 7. The molecule has 0 fully saturated rings. The third kappa shape index (κ3) is 13.4. The predicted molar refractivity (Wildman–Crippen MR) is 201 cm³/mol. The Morgan fingerprint density at radius 3 is 1.13 bits per heavy atom. The molecule has 0 heterocycles. The van der Waals surface area contributed by atoms with E-state index in [1.807, 2.05) is 60.7 Å². The van der Waals surface area contributed by atoms with Crippen molar-refractivity contribution in [2.45, 2.75) is 104 Å². The molecule has 8 N–H and O–H groups in total. The molecular formula is C39H59N7O6. The molecule has 52 heavy (non-hydrogen) atoms. The van der Waals surface area contributed by atoms with E-state index in [1.165, 1.54) is 7.05 Å². The highest BCUT2D eigenvalue weighted by Crippen LogP contribution is 2.12. The van der Waals surface area contributed by atoms with Crippen LogP contribution in [-0.4, -0.2) is 78.7 Å². The highest BCUT2D eigenvalue weighted by atomic mass is 16.2. The topological polar surface area (TPSA) is 201 Å². The molecule has 0 radical (unpaired) electrons. The van der Waals surface area contributed by atoms with Gasteiger partial charge >= 0.3 is 0 Å². The van der Waals surface area contributed by atoms with Crippen molar-refractivity contribution < 1.29 is 28.8 Å². The minimum absolute atomic E-state index is 0.134. The lowest BCUT2D eigenvalue weighted by atomic mass is 9.97. The van der Waals surface area contributed by atoms with Crippen LogP contribution in [0.1, 0.15) is 66.5 Å². The van der Waals surface area contributed by atoms with E-state index in [-0.39, 0.29) is 30.6 Å². The first-order valence-corrected chi connectivity index (χ1v) is 18.0. The summed E-state index contributed by atoms with van der Waals surface area (Å²) in [6.45, 7) is 14.2. The summed E-state index contributed by atoms with van der Waals surface area (Å²) in [6, 6.07) is 12.4. The Kier molecular flexibility index (Phi) is 17.5. The normalized spacial score (nSPS) is 14.8. The Labute approximate surface area is 308 Å². The summed E-state index contributed by atoms with van der Waals surface area (Å²) < 4.78 is 0. The van der Waals surface area contributed by atoms with Crippen molar-refractivity contribution in [1.82, 2.24) is 31.9 Å². The van der Waals surface area contributed by atoms with Crippen LogP contribution in [0.2, 0.25) is 0 Å². The van der Waals surface area contributed by atoms with Crippen LogP contribution in [-0.2, 0) is 41.6 Å². The first-order valence-electron chi connectivity index (χ1n) is 18.0. The average molecular weight is 722 g/mol. The summed E-state index contributed by atoms with van der Waals surface area (Å²) >= 11 is 0. The Morgan fingerprint density at radius 1 is 0.462 bits per heavy atom. The van der Waals surface area contributed by atoms with Crippen LogP contribution in [0.25, 0.3) is 0 Å². The number of nitrogens with one attached hydrogen (secondary N) is 6. The number of hydrogen-bond acceptors (Lipinski definition) is 7. The SMILES string of the molecule is CNC(=O)[C@@H](NC(=O)[C@H](Cc1ccccc1)NC(=O)[C@@H](NC(=O)[C@@H](NC(=O)[C@H](Cc1ccccc1)NC(=O)[C@@H](N)C(C)C)C(C)C)C(C)C)C(C)C. The number of nitrogens with two attached hydrogens (primary N) is 1. The van der Waals surface area contributed by atoms with E-state index in [4.69, 9.17) is 5.73 Å². The molecule has 2 aromatic rings. The maximum absolute atomic E-state index is 13.9. The largest absolute Gasteiger partial charge is 0.357 e. The van der Waals surface area contributed by atoms with Crippen LogP contribution in [0.3, 0.4) is 0 Å². The summed E-state index contributed by atoms with van der Waals surface area (Å²) in [5, 5.41) is 16.5. The highest BCUT2D eigenvalue weighted by Gasteiger charge is 2.35. The maximum atomic E-state index is 13.9. The second kappa shape index (κ2) is 20.9. The van der Waals surface area contributed by atoms with Crippen LogP contribution >= 0.6 is 0 Å². The number of carbonyl (C=O) groups is 6. The smallest absolute Gasteiger partial charge is 0.243 e. The summed E-state index contributed by atoms with van der Waals surface area (Å²) in [6.07, 6.45) is 0.296. The Morgan fingerprint density at radius 2 is 0.788 bits per heavy atom. The summed E-state index contributed by atoms with van der Waals surface area (Å²) in [7, 11) is 1.48. The molecule has 13 heteroatoms. The fraction of sp³-hybridized carbons (Fsp3) is 0.538. The van der Waals surface area contributed by atoms with Crippen molar-refractivity contribution in [2.75, 3.05) is 7.05 Å². The van der Waals surface area contributed by atoms with E-state index in [0.29, 0.717) is 0 Å². The average Bonchev–Trinajstić information content (AvgIpc) is 3.10. The van der Waals surface area contributed by atoms with Gasteiger partial charge in [-0.25, -0.2) is 0 Å². The third-order valence-electron chi connectivity index (χ3n) is 8.84. The minimum atomic E-state index is -1.08. The van der Waals surface area contributed by atoms with Gasteiger partial charge in [0.1, 0.15) is 30.2 Å². The lowest BCUT2D eigenvalue weighted by Gasteiger charge is -2.30. The molecule has 2 aromatic carbocycles. The molecular weight excluding hydrogens is 662 g/mol. The summed E-state index contributed by atoms with van der Waals surface area (Å²) in [4.78, 5) is 80.6. The molecule has 0 bridgehead atoms. The second-order valence-corrected chi connectivity index (χ2v) is 14.6. The molecule has 0 saturated heterocycles. The second-order valence-electron chi connectivity index (χ2n) is 14.6. The van der Waals surface area contributed by atoms with Gasteiger partial charge in [0.25, 0.3) is 0 Å². The quantitative estimate of drug-likeness (QED) is 0.114. The van der Waals surface area contributed by atoms with Crippen molar-refractivity contribution >= 4 is 35.4 Å². The number of benzene rings is 2. The van der Waals surface area contributed by atoms with Crippen LogP contribution < -0.4 is 37.6 Å². The molecule has 6 amide bonds. The van der Waals surface area contributed by atoms with E-state index in [1.54, 1.807) is 55.4 Å². The van der Waals surface area contributed by atoms with Crippen molar-refractivity contribution in [3.63, 3.8) is 0 Å². The Bertz CT molecular complexity index is 1480. The zero-order chi connectivity index (χ0) is 39.1. The molecule has 2 rings (SSSR count). The van der Waals surface area contributed by atoms with Gasteiger partial charge in [-0.15, -0.1) is 0 Å². The number of rotatable bonds is 19. The van der Waals surface area contributed by atoms with Crippen molar-refractivity contribution in [1.29, 1.82) is 0 Å². The lowest BCUT2D eigenvalue weighted by molar-refractivity contribution is -0.136. The molecule has 0 aromatic heterocycles. The molecule has 286 valence electrons. The van der Waals surface area contributed by atoms with Gasteiger partial charge in [0.2, 0.25) is 35.4 Å². The van der Waals surface area contributed by atoms with Gasteiger partial charge in [0, 0.05) is 19.9 Å². The van der Waals surface area contributed by atoms with Gasteiger partial charge in [-0.2, -0.15) is 0 Å². The van der Waals surface area contributed by atoms with Crippen molar-refractivity contribution in [2.24, 2.45) is 29.4 Å². The van der Waals surface area contributed by atoms with Crippen LogP contribution in [0, 0.1) is 23.7 Å². The predicted octanol–water partition coefficient (Wildman–Crippen LogP) is 1.59. The molecule has 0 aliphatic heterocycles.